The Labute approximate surface area is 131 Å². The van der Waals surface area contributed by atoms with Gasteiger partial charge < -0.3 is 10.5 Å². The second-order valence-corrected chi connectivity index (χ2v) is 8.13. The normalized spacial score (nSPS) is 12.0. The summed E-state index contributed by atoms with van der Waals surface area (Å²) in [7, 11) is -3.26. The highest BCUT2D eigenvalue weighted by atomic mass is 32.2. The van der Waals surface area contributed by atoms with Crippen molar-refractivity contribution >= 4 is 27.5 Å². The lowest BCUT2D eigenvalue weighted by atomic mass is 10.2. The molecule has 0 amide bonds. The molecule has 0 radical (unpaired) electrons. The topological polar surface area (TPSA) is 81.4 Å². The Hall–Kier alpha value is -0.760. The van der Waals surface area contributed by atoms with Gasteiger partial charge in [0, 0.05) is 29.5 Å². The van der Waals surface area contributed by atoms with Gasteiger partial charge in [0.1, 0.15) is 0 Å². The Morgan fingerprint density at radius 2 is 2.05 bits per heavy atom. The van der Waals surface area contributed by atoms with Gasteiger partial charge in [0.2, 0.25) is 10.0 Å². The number of ether oxygens (including phenoxy) is 1. The Morgan fingerprint density at radius 3 is 2.71 bits per heavy atom. The van der Waals surface area contributed by atoms with E-state index in [2.05, 4.69) is 18.6 Å². The highest BCUT2D eigenvalue weighted by Crippen LogP contribution is 2.24. The summed E-state index contributed by atoms with van der Waals surface area (Å²) in [5.74, 6) is 0.987. The van der Waals surface area contributed by atoms with Crippen LogP contribution in [0.3, 0.4) is 0 Å². The van der Waals surface area contributed by atoms with Crippen molar-refractivity contribution in [1.82, 2.24) is 4.72 Å². The molecule has 5 nitrogen and oxygen atoms in total. The summed E-state index contributed by atoms with van der Waals surface area (Å²) in [6.07, 6.45) is 0. The first-order chi connectivity index (χ1) is 9.91. The number of para-hydroxylation sites is 1. The van der Waals surface area contributed by atoms with Crippen LogP contribution in [0.15, 0.2) is 29.2 Å². The molecule has 0 aliphatic rings. The molecule has 7 heteroatoms. The number of sulfonamides is 1. The SMILES string of the molecule is CC(C)COCCNS(=O)(=O)CCSc1ccccc1N. The van der Waals surface area contributed by atoms with Gasteiger partial charge in [-0.25, -0.2) is 13.1 Å². The van der Waals surface area contributed by atoms with Crippen LogP contribution >= 0.6 is 11.8 Å². The predicted octanol–water partition coefficient (Wildman–Crippen LogP) is 1.95. The molecule has 21 heavy (non-hydrogen) atoms. The van der Waals surface area contributed by atoms with Crippen LogP contribution in [0.2, 0.25) is 0 Å². The molecule has 1 rings (SSSR count). The summed E-state index contributed by atoms with van der Waals surface area (Å²) in [5.41, 5.74) is 6.48. The van der Waals surface area contributed by atoms with Crippen LogP contribution in [0, 0.1) is 5.92 Å². The molecule has 1 aromatic rings. The van der Waals surface area contributed by atoms with Gasteiger partial charge in [0.05, 0.1) is 12.4 Å². The molecule has 120 valence electrons. The quantitative estimate of drug-likeness (QED) is 0.389. The molecule has 0 heterocycles. The van der Waals surface area contributed by atoms with Gasteiger partial charge >= 0.3 is 0 Å². The van der Waals surface area contributed by atoms with Gasteiger partial charge in [0.15, 0.2) is 0 Å². The summed E-state index contributed by atoms with van der Waals surface area (Å²) in [6, 6.07) is 7.44. The van der Waals surface area contributed by atoms with Crippen molar-refractivity contribution in [2.24, 2.45) is 5.92 Å². The standard InChI is InChI=1S/C14H24N2O3S2/c1-12(2)11-19-8-7-16-21(17,18)10-9-20-14-6-4-3-5-13(14)15/h3-6,12,16H,7-11,15H2,1-2H3. The fourth-order valence-corrected chi connectivity index (χ4v) is 3.91. The zero-order valence-electron chi connectivity index (χ0n) is 12.5. The van der Waals surface area contributed by atoms with E-state index in [0.717, 1.165) is 4.90 Å². The summed E-state index contributed by atoms with van der Waals surface area (Å²) in [6.45, 7) is 5.46. The maximum atomic E-state index is 11.8. The summed E-state index contributed by atoms with van der Waals surface area (Å²) in [5, 5.41) is 0. The molecule has 0 aliphatic heterocycles. The van der Waals surface area contributed by atoms with E-state index in [9.17, 15) is 8.42 Å². The van der Waals surface area contributed by atoms with Gasteiger partial charge in [-0.3, -0.25) is 0 Å². The smallest absolute Gasteiger partial charge is 0.212 e. The summed E-state index contributed by atoms with van der Waals surface area (Å²) < 4.78 is 31.5. The number of nitrogens with two attached hydrogens (primary N) is 1. The number of nitrogen functional groups attached to an aromatic ring is 1. The lowest BCUT2D eigenvalue weighted by Crippen LogP contribution is -2.30. The van der Waals surface area contributed by atoms with Crippen LogP contribution in [0.25, 0.3) is 0 Å². The molecule has 0 atom stereocenters. The third-order valence-electron chi connectivity index (χ3n) is 2.55. The minimum absolute atomic E-state index is 0.0657. The molecule has 0 bridgehead atoms. The molecule has 0 spiro atoms. The molecule has 0 saturated carbocycles. The molecule has 0 unspecified atom stereocenters. The number of thioether (sulfide) groups is 1. The third kappa shape index (κ3) is 8.31. The number of hydrogen-bond acceptors (Lipinski definition) is 5. The summed E-state index contributed by atoms with van der Waals surface area (Å²) in [4.78, 5) is 0.910. The van der Waals surface area contributed by atoms with Crippen molar-refractivity contribution in [2.75, 3.05) is 37.0 Å². The largest absolute Gasteiger partial charge is 0.398 e. The van der Waals surface area contributed by atoms with Gasteiger partial charge in [-0.1, -0.05) is 26.0 Å². The van der Waals surface area contributed by atoms with Crippen molar-refractivity contribution in [2.45, 2.75) is 18.7 Å². The lowest BCUT2D eigenvalue weighted by Gasteiger charge is -2.09. The molecular formula is C14H24N2O3S2. The second-order valence-electron chi connectivity index (χ2n) is 5.07. The van der Waals surface area contributed by atoms with Gasteiger partial charge in [-0.05, 0) is 18.1 Å². The Bertz CT molecular complexity index is 519. The van der Waals surface area contributed by atoms with Crippen molar-refractivity contribution in [3.63, 3.8) is 0 Å². The Kier molecular flexibility index (Phi) is 8.10. The third-order valence-corrected chi connectivity index (χ3v) is 5.28. The van der Waals surface area contributed by atoms with Crippen LogP contribution in [0.5, 0.6) is 0 Å². The van der Waals surface area contributed by atoms with E-state index in [-0.39, 0.29) is 5.75 Å². The van der Waals surface area contributed by atoms with Crippen molar-refractivity contribution in [3.8, 4) is 0 Å². The maximum Gasteiger partial charge on any atom is 0.212 e. The maximum absolute atomic E-state index is 11.8. The second kappa shape index (κ2) is 9.30. The Morgan fingerprint density at radius 1 is 1.33 bits per heavy atom. The molecule has 0 aromatic heterocycles. The van der Waals surface area contributed by atoms with Gasteiger partial charge in [-0.15, -0.1) is 11.8 Å². The van der Waals surface area contributed by atoms with Crippen molar-refractivity contribution in [3.05, 3.63) is 24.3 Å². The molecule has 3 N–H and O–H groups in total. The van der Waals surface area contributed by atoms with E-state index < -0.39 is 10.0 Å². The highest BCUT2D eigenvalue weighted by Gasteiger charge is 2.10. The van der Waals surface area contributed by atoms with E-state index in [1.807, 2.05) is 18.2 Å². The summed E-state index contributed by atoms with van der Waals surface area (Å²) >= 11 is 1.45. The van der Waals surface area contributed by atoms with Gasteiger partial charge in [-0.2, -0.15) is 0 Å². The molecular weight excluding hydrogens is 308 g/mol. The minimum atomic E-state index is -3.26. The van der Waals surface area contributed by atoms with E-state index >= 15 is 0 Å². The number of benzene rings is 1. The zero-order chi connectivity index (χ0) is 15.7. The van der Waals surface area contributed by atoms with Crippen molar-refractivity contribution < 1.29 is 13.2 Å². The van der Waals surface area contributed by atoms with Gasteiger partial charge in [0.25, 0.3) is 0 Å². The van der Waals surface area contributed by atoms with Crippen molar-refractivity contribution in [1.29, 1.82) is 0 Å². The Balaban J connectivity index is 2.22. The number of nitrogens with one attached hydrogen (secondary N) is 1. The lowest BCUT2D eigenvalue weighted by molar-refractivity contribution is 0.114. The fourth-order valence-electron chi connectivity index (χ4n) is 1.53. The molecule has 0 fully saturated rings. The van der Waals surface area contributed by atoms with Crippen LogP contribution in [0.1, 0.15) is 13.8 Å². The van der Waals surface area contributed by atoms with Crippen LogP contribution in [0.4, 0.5) is 5.69 Å². The predicted molar refractivity (Wildman–Crippen MR) is 89.0 cm³/mol. The fraction of sp³-hybridized carbons (Fsp3) is 0.571. The molecule has 0 aliphatic carbocycles. The number of hydrogen-bond donors (Lipinski definition) is 2. The van der Waals surface area contributed by atoms with E-state index in [4.69, 9.17) is 10.5 Å². The molecule has 1 aromatic carbocycles. The van der Waals surface area contributed by atoms with Crippen LogP contribution in [-0.2, 0) is 14.8 Å². The van der Waals surface area contributed by atoms with Crippen LogP contribution in [-0.4, -0.2) is 39.7 Å². The number of rotatable bonds is 10. The monoisotopic (exact) mass is 332 g/mol. The van der Waals surface area contributed by atoms with Crippen LogP contribution < -0.4 is 10.5 Å². The first-order valence-electron chi connectivity index (χ1n) is 6.93. The van der Waals surface area contributed by atoms with E-state index in [0.29, 0.717) is 37.1 Å². The first kappa shape index (κ1) is 18.3. The zero-order valence-corrected chi connectivity index (χ0v) is 14.2. The first-order valence-corrected chi connectivity index (χ1v) is 9.57. The average Bonchev–Trinajstić information content (AvgIpc) is 2.40. The van der Waals surface area contributed by atoms with E-state index in [1.165, 1.54) is 11.8 Å². The highest BCUT2D eigenvalue weighted by molar-refractivity contribution is 8.00. The minimum Gasteiger partial charge on any atom is -0.398 e. The number of anilines is 1. The average molecular weight is 332 g/mol. The van der Waals surface area contributed by atoms with E-state index in [1.54, 1.807) is 6.07 Å². The molecule has 0 saturated heterocycles.